The first kappa shape index (κ1) is 12.4. The van der Waals surface area contributed by atoms with Crippen LogP contribution in [-0.2, 0) is 0 Å². The average Bonchev–Trinajstić information content (AvgIpc) is 2.69. The summed E-state index contributed by atoms with van der Waals surface area (Å²) in [5.41, 5.74) is 7.87. The minimum atomic E-state index is -0.341. The highest BCUT2D eigenvalue weighted by molar-refractivity contribution is 9.10. The minimum Gasteiger partial charge on any atom is -0.369 e. The Labute approximate surface area is 121 Å². The van der Waals surface area contributed by atoms with Gasteiger partial charge in [-0.15, -0.1) is 0 Å². The van der Waals surface area contributed by atoms with Gasteiger partial charge in [-0.3, -0.25) is 4.57 Å². The van der Waals surface area contributed by atoms with Crippen molar-refractivity contribution in [3.63, 3.8) is 0 Å². The Morgan fingerprint density at radius 2 is 2.05 bits per heavy atom. The van der Waals surface area contributed by atoms with Crippen LogP contribution in [0, 0.1) is 5.82 Å². The topological polar surface area (TPSA) is 43.8 Å². The number of hydrogen-bond acceptors (Lipinski definition) is 2. The van der Waals surface area contributed by atoms with E-state index in [1.54, 1.807) is 22.8 Å². The van der Waals surface area contributed by atoms with Gasteiger partial charge in [-0.25, -0.2) is 9.37 Å². The molecule has 1 heterocycles. The summed E-state index contributed by atoms with van der Waals surface area (Å²) in [5.74, 6) is -0.0598. The molecule has 2 aromatic carbocycles. The normalized spacial score (nSPS) is 11.1. The second-order valence-electron chi connectivity index (χ2n) is 4.01. The number of nitrogens with two attached hydrogens (primary N) is 1. The molecule has 3 aromatic rings. The molecule has 1 aromatic heterocycles. The molecule has 0 aliphatic rings. The molecular weight excluding hydrogens is 333 g/mol. The summed E-state index contributed by atoms with van der Waals surface area (Å²) >= 11 is 9.48. The molecule has 6 heteroatoms. The Morgan fingerprint density at radius 3 is 2.84 bits per heavy atom. The van der Waals surface area contributed by atoms with E-state index in [0.717, 1.165) is 5.69 Å². The quantitative estimate of drug-likeness (QED) is 0.723. The fourth-order valence-electron chi connectivity index (χ4n) is 1.99. The Hall–Kier alpha value is -1.59. The maximum Gasteiger partial charge on any atom is 0.205 e. The maximum absolute atomic E-state index is 13.4. The number of anilines is 1. The second kappa shape index (κ2) is 4.51. The number of fused-ring (bicyclic) bond motifs is 1. The van der Waals surface area contributed by atoms with Crippen molar-refractivity contribution in [1.29, 1.82) is 0 Å². The lowest BCUT2D eigenvalue weighted by atomic mass is 10.2. The third-order valence-corrected chi connectivity index (χ3v) is 4.19. The van der Waals surface area contributed by atoms with Crippen LogP contribution in [0.5, 0.6) is 0 Å². The van der Waals surface area contributed by atoms with Crippen LogP contribution in [0.3, 0.4) is 0 Å². The largest absolute Gasteiger partial charge is 0.369 e. The molecule has 0 atom stereocenters. The molecule has 0 saturated carbocycles. The highest BCUT2D eigenvalue weighted by Gasteiger charge is 2.14. The van der Waals surface area contributed by atoms with Gasteiger partial charge in [0.05, 0.1) is 26.2 Å². The van der Waals surface area contributed by atoms with E-state index in [9.17, 15) is 4.39 Å². The van der Waals surface area contributed by atoms with Gasteiger partial charge < -0.3 is 5.73 Å². The summed E-state index contributed by atoms with van der Waals surface area (Å²) < 4.78 is 15.7. The molecule has 0 radical (unpaired) electrons. The standard InChI is InChI=1S/C13H8BrClFN3/c14-12-8(15)2-1-3-10(12)19-11-6-7(16)4-5-9(11)18-13(19)17/h1-6H,(H2,17,18). The Balaban J connectivity index is 2.39. The summed E-state index contributed by atoms with van der Waals surface area (Å²) in [4.78, 5) is 4.21. The van der Waals surface area contributed by atoms with Gasteiger partial charge in [0.1, 0.15) is 5.82 Å². The number of rotatable bonds is 1. The molecule has 0 saturated heterocycles. The first-order chi connectivity index (χ1) is 9.08. The maximum atomic E-state index is 13.4. The number of hydrogen-bond donors (Lipinski definition) is 1. The first-order valence-electron chi connectivity index (χ1n) is 5.46. The van der Waals surface area contributed by atoms with E-state index in [0.29, 0.717) is 20.5 Å². The molecule has 19 heavy (non-hydrogen) atoms. The van der Waals surface area contributed by atoms with E-state index >= 15 is 0 Å². The Bertz CT molecular complexity index is 785. The van der Waals surface area contributed by atoms with Crippen molar-refractivity contribution in [3.05, 3.63) is 51.7 Å². The van der Waals surface area contributed by atoms with Gasteiger partial charge in [-0.05, 0) is 40.2 Å². The zero-order valence-corrected chi connectivity index (χ0v) is 11.9. The third-order valence-electron chi connectivity index (χ3n) is 2.81. The van der Waals surface area contributed by atoms with Crippen LogP contribution in [0.4, 0.5) is 10.3 Å². The zero-order valence-electron chi connectivity index (χ0n) is 9.57. The van der Waals surface area contributed by atoms with E-state index < -0.39 is 0 Å². The van der Waals surface area contributed by atoms with Crippen LogP contribution in [0.2, 0.25) is 5.02 Å². The molecule has 0 aliphatic heterocycles. The van der Waals surface area contributed by atoms with E-state index in [-0.39, 0.29) is 11.8 Å². The van der Waals surface area contributed by atoms with Gasteiger partial charge in [0.15, 0.2) is 0 Å². The zero-order chi connectivity index (χ0) is 13.6. The molecule has 0 bridgehead atoms. The molecule has 0 fully saturated rings. The monoisotopic (exact) mass is 339 g/mol. The summed E-state index contributed by atoms with van der Waals surface area (Å²) in [7, 11) is 0. The van der Waals surface area contributed by atoms with Gasteiger partial charge in [0, 0.05) is 6.07 Å². The van der Waals surface area contributed by atoms with Crippen molar-refractivity contribution in [2.45, 2.75) is 0 Å². The van der Waals surface area contributed by atoms with Crippen LogP contribution in [0.1, 0.15) is 0 Å². The summed E-state index contributed by atoms with van der Waals surface area (Å²) in [5, 5.41) is 0.551. The van der Waals surface area contributed by atoms with Crippen molar-refractivity contribution in [2.24, 2.45) is 0 Å². The van der Waals surface area contributed by atoms with Crippen molar-refractivity contribution in [3.8, 4) is 5.69 Å². The highest BCUT2D eigenvalue weighted by atomic mass is 79.9. The van der Waals surface area contributed by atoms with E-state index in [1.165, 1.54) is 12.1 Å². The predicted octanol–water partition coefficient (Wildman–Crippen LogP) is 4.16. The molecule has 2 N–H and O–H groups in total. The van der Waals surface area contributed by atoms with Crippen molar-refractivity contribution in [1.82, 2.24) is 9.55 Å². The Kier molecular flexibility index (Phi) is 2.95. The molecule has 0 spiro atoms. The first-order valence-corrected chi connectivity index (χ1v) is 6.63. The smallest absolute Gasteiger partial charge is 0.205 e. The predicted molar refractivity (Wildman–Crippen MR) is 78.2 cm³/mol. The fraction of sp³-hybridized carbons (Fsp3) is 0. The molecule has 3 nitrogen and oxygen atoms in total. The van der Waals surface area contributed by atoms with Gasteiger partial charge in [0.25, 0.3) is 0 Å². The van der Waals surface area contributed by atoms with Crippen LogP contribution in [-0.4, -0.2) is 9.55 Å². The summed E-state index contributed by atoms with van der Waals surface area (Å²) in [6, 6.07) is 9.73. The molecule has 3 rings (SSSR count). The van der Waals surface area contributed by atoms with Crippen molar-refractivity contribution in [2.75, 3.05) is 5.73 Å². The van der Waals surface area contributed by atoms with E-state index in [2.05, 4.69) is 20.9 Å². The number of benzene rings is 2. The van der Waals surface area contributed by atoms with Crippen LogP contribution >= 0.6 is 27.5 Å². The minimum absolute atomic E-state index is 0.281. The number of nitrogen functional groups attached to an aromatic ring is 1. The van der Waals surface area contributed by atoms with E-state index in [4.69, 9.17) is 17.3 Å². The number of nitrogens with zero attached hydrogens (tertiary/aromatic N) is 2. The molecular formula is C13H8BrClFN3. The van der Waals surface area contributed by atoms with E-state index in [1.807, 2.05) is 6.07 Å². The molecule has 0 aliphatic carbocycles. The van der Waals surface area contributed by atoms with Crippen LogP contribution in [0.25, 0.3) is 16.7 Å². The van der Waals surface area contributed by atoms with Crippen molar-refractivity contribution < 1.29 is 4.39 Å². The lowest BCUT2D eigenvalue weighted by Gasteiger charge is -2.09. The van der Waals surface area contributed by atoms with Crippen LogP contribution in [0.15, 0.2) is 40.9 Å². The molecule has 0 unspecified atom stereocenters. The van der Waals surface area contributed by atoms with Gasteiger partial charge in [-0.2, -0.15) is 0 Å². The number of aromatic nitrogens is 2. The molecule has 96 valence electrons. The highest BCUT2D eigenvalue weighted by Crippen LogP contribution is 2.33. The molecule has 0 amide bonds. The van der Waals surface area contributed by atoms with Gasteiger partial charge in [0.2, 0.25) is 5.95 Å². The lowest BCUT2D eigenvalue weighted by Crippen LogP contribution is -2.01. The second-order valence-corrected chi connectivity index (χ2v) is 5.21. The Morgan fingerprint density at radius 1 is 1.26 bits per heavy atom. The van der Waals surface area contributed by atoms with Gasteiger partial charge in [-0.1, -0.05) is 17.7 Å². The number of halogens is 3. The summed E-state index contributed by atoms with van der Waals surface area (Å²) in [6.07, 6.45) is 0. The number of imidazole rings is 1. The third kappa shape index (κ3) is 1.99. The fourth-order valence-corrected chi connectivity index (χ4v) is 2.60. The average molecular weight is 341 g/mol. The van der Waals surface area contributed by atoms with Gasteiger partial charge >= 0.3 is 0 Å². The summed E-state index contributed by atoms with van der Waals surface area (Å²) in [6.45, 7) is 0. The van der Waals surface area contributed by atoms with Crippen molar-refractivity contribution >= 4 is 44.5 Å². The SMILES string of the molecule is Nc1nc2ccc(F)cc2n1-c1cccc(Cl)c1Br. The lowest BCUT2D eigenvalue weighted by molar-refractivity contribution is 0.629. The van der Waals surface area contributed by atoms with Crippen LogP contribution < -0.4 is 5.73 Å².